The fourth-order valence-electron chi connectivity index (χ4n) is 2.57. The fraction of sp³-hybridized carbons (Fsp3) is 1.00. The molecular formula is C13H26O7. The molecule has 6 atom stereocenters. The molecule has 0 unspecified atom stereocenters. The molecule has 0 spiro atoms. The Morgan fingerprint density at radius 2 is 1.40 bits per heavy atom. The first kappa shape index (κ1) is 17.8. The summed E-state index contributed by atoms with van der Waals surface area (Å²) in [6.07, 6.45) is -2.30. The van der Waals surface area contributed by atoms with Crippen molar-refractivity contribution in [3.05, 3.63) is 0 Å². The summed E-state index contributed by atoms with van der Waals surface area (Å²) in [5.41, 5.74) is 0. The summed E-state index contributed by atoms with van der Waals surface area (Å²) in [7, 11) is 9.57. The van der Waals surface area contributed by atoms with Crippen LogP contribution in [-0.4, -0.2) is 86.1 Å². The van der Waals surface area contributed by atoms with E-state index >= 15 is 0 Å². The zero-order valence-corrected chi connectivity index (χ0v) is 13.0. The molecule has 1 aliphatic rings. The van der Waals surface area contributed by atoms with Crippen LogP contribution in [-0.2, 0) is 33.2 Å². The van der Waals surface area contributed by atoms with Crippen molar-refractivity contribution in [1.82, 2.24) is 0 Å². The van der Waals surface area contributed by atoms with Gasteiger partial charge in [0, 0.05) is 42.7 Å². The van der Waals surface area contributed by atoms with E-state index in [4.69, 9.17) is 33.2 Å². The van der Waals surface area contributed by atoms with E-state index in [0.29, 0.717) is 6.61 Å². The lowest BCUT2D eigenvalue weighted by atomic mass is 9.94. The Bertz CT molecular complexity index is 261. The molecule has 0 radical (unpaired) electrons. The predicted octanol–water partition coefficient (Wildman–Crippen LogP) is 0.0641. The number of ether oxygens (including phenoxy) is 7. The number of hydrogen-bond donors (Lipinski definition) is 0. The molecule has 0 bridgehead atoms. The maximum absolute atomic E-state index is 5.92. The van der Waals surface area contributed by atoms with Crippen molar-refractivity contribution >= 4 is 0 Å². The predicted molar refractivity (Wildman–Crippen MR) is 70.7 cm³/mol. The highest BCUT2D eigenvalue weighted by Crippen LogP contribution is 2.29. The van der Waals surface area contributed by atoms with E-state index < -0.39 is 6.29 Å². The van der Waals surface area contributed by atoms with Crippen LogP contribution in [0.5, 0.6) is 0 Å². The van der Waals surface area contributed by atoms with Crippen LogP contribution < -0.4 is 0 Å². The minimum atomic E-state index is -0.559. The van der Waals surface area contributed by atoms with Crippen LogP contribution in [0.2, 0.25) is 0 Å². The lowest BCUT2D eigenvalue weighted by Crippen LogP contribution is -2.63. The molecule has 0 aromatic heterocycles. The summed E-state index contributed by atoms with van der Waals surface area (Å²) in [5, 5.41) is 0. The fourth-order valence-corrected chi connectivity index (χ4v) is 2.57. The number of rotatable bonds is 8. The monoisotopic (exact) mass is 294 g/mol. The first-order valence-corrected chi connectivity index (χ1v) is 6.46. The Hall–Kier alpha value is -0.280. The van der Waals surface area contributed by atoms with Gasteiger partial charge in [-0.05, 0) is 0 Å². The Labute approximate surface area is 120 Å². The zero-order chi connectivity index (χ0) is 15.1. The van der Waals surface area contributed by atoms with Gasteiger partial charge in [-0.1, -0.05) is 0 Å². The summed E-state index contributed by atoms with van der Waals surface area (Å²) < 4.78 is 38.4. The van der Waals surface area contributed by atoms with Gasteiger partial charge in [0.2, 0.25) is 0 Å². The van der Waals surface area contributed by atoms with E-state index in [1.807, 2.05) is 0 Å². The van der Waals surface area contributed by atoms with Crippen molar-refractivity contribution < 1.29 is 33.2 Å². The summed E-state index contributed by atoms with van der Waals surface area (Å²) in [6, 6.07) is 0. The van der Waals surface area contributed by atoms with Crippen molar-refractivity contribution in [3.63, 3.8) is 0 Å². The van der Waals surface area contributed by atoms with Gasteiger partial charge in [0.05, 0.1) is 6.61 Å². The molecular weight excluding hydrogens is 268 g/mol. The van der Waals surface area contributed by atoms with Gasteiger partial charge in [-0.2, -0.15) is 0 Å². The maximum Gasteiger partial charge on any atom is 0.186 e. The Balaban J connectivity index is 2.97. The van der Waals surface area contributed by atoms with Gasteiger partial charge in [-0.25, -0.2) is 0 Å². The molecule has 1 rings (SSSR count). The maximum atomic E-state index is 5.92. The van der Waals surface area contributed by atoms with E-state index in [2.05, 4.69) is 0 Å². The normalized spacial score (nSPS) is 36.0. The van der Waals surface area contributed by atoms with Crippen molar-refractivity contribution in [2.24, 2.45) is 0 Å². The molecule has 0 saturated carbocycles. The van der Waals surface area contributed by atoms with Gasteiger partial charge in [-0.3, -0.25) is 0 Å². The smallest absolute Gasteiger partial charge is 0.186 e. The van der Waals surface area contributed by atoms with Crippen molar-refractivity contribution in [1.29, 1.82) is 0 Å². The molecule has 1 fully saturated rings. The van der Waals surface area contributed by atoms with Gasteiger partial charge in [0.1, 0.15) is 30.5 Å². The molecule has 0 aromatic carbocycles. The van der Waals surface area contributed by atoms with Gasteiger partial charge < -0.3 is 33.2 Å². The molecule has 0 aromatic rings. The summed E-state index contributed by atoms with van der Waals surface area (Å²) in [5.74, 6) is 0. The molecule has 0 aliphatic carbocycles. The van der Waals surface area contributed by atoms with E-state index in [9.17, 15) is 0 Å². The van der Waals surface area contributed by atoms with Gasteiger partial charge in [0.15, 0.2) is 6.29 Å². The zero-order valence-electron chi connectivity index (χ0n) is 13.0. The highest BCUT2D eigenvalue weighted by atomic mass is 16.7. The molecule has 1 saturated heterocycles. The van der Waals surface area contributed by atoms with E-state index in [0.717, 1.165) is 0 Å². The van der Waals surface area contributed by atoms with Crippen LogP contribution in [0.4, 0.5) is 0 Å². The minimum absolute atomic E-state index is 0.293. The topological polar surface area (TPSA) is 64.6 Å². The van der Waals surface area contributed by atoms with Gasteiger partial charge >= 0.3 is 0 Å². The quantitative estimate of drug-likeness (QED) is 0.627. The van der Waals surface area contributed by atoms with Crippen LogP contribution in [0.25, 0.3) is 0 Å². The van der Waals surface area contributed by atoms with Crippen molar-refractivity contribution in [3.8, 4) is 0 Å². The molecule has 7 nitrogen and oxygen atoms in total. The highest BCUT2D eigenvalue weighted by molar-refractivity contribution is 4.95. The second kappa shape index (κ2) is 8.89. The lowest BCUT2D eigenvalue weighted by Gasteiger charge is -2.46. The van der Waals surface area contributed by atoms with E-state index in [1.54, 1.807) is 42.7 Å². The van der Waals surface area contributed by atoms with Crippen LogP contribution in [0.15, 0.2) is 0 Å². The average molecular weight is 294 g/mol. The van der Waals surface area contributed by atoms with E-state index in [-0.39, 0.29) is 30.5 Å². The first-order valence-electron chi connectivity index (χ1n) is 6.46. The second-order valence-electron chi connectivity index (χ2n) is 4.54. The SMILES string of the molecule is COC[C@H](OC)[C@H]1O[C@H](OC)[C@H](OC)[C@@H](OC)[C@@H]1OC. The van der Waals surface area contributed by atoms with Crippen LogP contribution in [0.3, 0.4) is 0 Å². The Morgan fingerprint density at radius 3 is 1.80 bits per heavy atom. The van der Waals surface area contributed by atoms with Gasteiger partial charge in [0.25, 0.3) is 0 Å². The summed E-state index contributed by atoms with van der Waals surface area (Å²) >= 11 is 0. The number of methoxy groups -OCH3 is 6. The summed E-state index contributed by atoms with van der Waals surface area (Å²) in [6.45, 7) is 0.381. The largest absolute Gasteiger partial charge is 0.382 e. The van der Waals surface area contributed by atoms with Gasteiger partial charge in [-0.15, -0.1) is 0 Å². The Morgan fingerprint density at radius 1 is 0.800 bits per heavy atom. The van der Waals surface area contributed by atoms with E-state index in [1.165, 1.54) is 0 Å². The number of hydrogen-bond acceptors (Lipinski definition) is 7. The molecule has 1 heterocycles. The van der Waals surface area contributed by atoms with Crippen LogP contribution >= 0.6 is 0 Å². The van der Waals surface area contributed by atoms with Crippen LogP contribution in [0, 0.1) is 0 Å². The molecule has 7 heteroatoms. The Kier molecular flexibility index (Phi) is 7.90. The third kappa shape index (κ3) is 3.67. The summed E-state index contributed by atoms with van der Waals surface area (Å²) in [4.78, 5) is 0. The molecule has 1 aliphatic heterocycles. The third-order valence-corrected chi connectivity index (χ3v) is 3.58. The molecule has 20 heavy (non-hydrogen) atoms. The van der Waals surface area contributed by atoms with Crippen LogP contribution in [0.1, 0.15) is 0 Å². The van der Waals surface area contributed by atoms with Crippen molar-refractivity contribution in [2.75, 3.05) is 49.3 Å². The molecule has 120 valence electrons. The minimum Gasteiger partial charge on any atom is -0.382 e. The lowest BCUT2D eigenvalue weighted by molar-refractivity contribution is -0.318. The molecule has 0 N–H and O–H groups in total. The highest BCUT2D eigenvalue weighted by Gasteiger charge is 2.50. The third-order valence-electron chi connectivity index (χ3n) is 3.58. The molecule has 0 amide bonds. The first-order chi connectivity index (χ1) is 9.68. The average Bonchev–Trinajstić information content (AvgIpc) is 2.50. The second-order valence-corrected chi connectivity index (χ2v) is 4.54. The standard InChI is InChI=1S/C13H26O7/c1-14-7-8(15-2)9-10(16-3)11(17-4)12(18-5)13(19-6)20-9/h8-13H,7H2,1-6H3/t8-,9+,10+,11-,12+,13-/m0/s1. The van der Waals surface area contributed by atoms with Crippen molar-refractivity contribution in [2.45, 2.75) is 36.8 Å².